The Labute approximate surface area is 210 Å². The Kier molecular flexibility index (Phi) is 6.28. The van der Waals surface area contributed by atoms with Gasteiger partial charge in [-0.1, -0.05) is 40.9 Å². The van der Waals surface area contributed by atoms with Gasteiger partial charge in [0.1, 0.15) is 10.8 Å². The second kappa shape index (κ2) is 9.22. The summed E-state index contributed by atoms with van der Waals surface area (Å²) in [6, 6.07) is 18.3. The number of nitrogens with zero attached hydrogens (tertiary/aromatic N) is 2. The molecule has 172 valence electrons. The fourth-order valence-corrected chi connectivity index (χ4v) is 5.23. The van der Waals surface area contributed by atoms with Gasteiger partial charge in [-0.25, -0.2) is 4.39 Å². The predicted molar refractivity (Wildman–Crippen MR) is 133 cm³/mol. The average molecular weight is 516 g/mol. The Hall–Kier alpha value is -2.59. The highest BCUT2D eigenvalue weighted by Gasteiger charge is 2.26. The van der Waals surface area contributed by atoms with Crippen molar-refractivity contribution in [3.8, 4) is 16.8 Å². The Bertz CT molecular complexity index is 1440. The van der Waals surface area contributed by atoms with Crippen molar-refractivity contribution in [3.63, 3.8) is 0 Å². The van der Waals surface area contributed by atoms with E-state index in [2.05, 4.69) is 17.0 Å². The Morgan fingerprint density at radius 2 is 1.82 bits per heavy atom. The van der Waals surface area contributed by atoms with Crippen LogP contribution in [-0.2, 0) is 6.54 Å². The quantitative estimate of drug-likeness (QED) is 0.366. The topological polar surface area (TPSA) is 45.5 Å². The monoisotopic (exact) mass is 514 g/mol. The van der Waals surface area contributed by atoms with Gasteiger partial charge in [0.05, 0.1) is 21.2 Å². The molecule has 34 heavy (non-hydrogen) atoms. The van der Waals surface area contributed by atoms with E-state index in [-0.39, 0.29) is 33.2 Å². The molecule has 5 rings (SSSR count). The molecule has 4 nitrogen and oxygen atoms in total. The average Bonchev–Trinajstić information content (AvgIpc) is 2.77. The minimum Gasteiger partial charge on any atom is -0.396 e. The number of halogens is 4. The number of aliphatic hydroxyl groups excluding tert-OH is 1. The maximum Gasteiger partial charge on any atom is 0.255 e. The molecule has 0 spiro atoms. The van der Waals surface area contributed by atoms with Crippen molar-refractivity contribution < 1.29 is 9.50 Å². The number of fused-ring (bicyclic) bond motifs is 1. The molecule has 2 heterocycles. The van der Waals surface area contributed by atoms with Crippen molar-refractivity contribution in [2.75, 3.05) is 19.7 Å². The lowest BCUT2D eigenvalue weighted by atomic mass is 9.95. The van der Waals surface area contributed by atoms with E-state index in [9.17, 15) is 14.3 Å². The van der Waals surface area contributed by atoms with E-state index < -0.39 is 5.82 Å². The third-order valence-electron chi connectivity index (χ3n) is 6.03. The predicted octanol–water partition coefficient (Wildman–Crippen LogP) is 5.78. The smallest absolute Gasteiger partial charge is 0.255 e. The summed E-state index contributed by atoms with van der Waals surface area (Å²) in [4.78, 5) is 15.3. The van der Waals surface area contributed by atoms with Crippen molar-refractivity contribution in [1.29, 1.82) is 0 Å². The Morgan fingerprint density at radius 3 is 2.53 bits per heavy atom. The minimum atomic E-state index is -0.434. The van der Waals surface area contributed by atoms with Crippen LogP contribution in [-0.4, -0.2) is 34.3 Å². The number of aliphatic hydroxyl groups is 1. The van der Waals surface area contributed by atoms with E-state index in [1.165, 1.54) is 28.8 Å². The van der Waals surface area contributed by atoms with Crippen LogP contribution in [0.5, 0.6) is 0 Å². The molecule has 3 aromatic carbocycles. The SMILES string of the molecule is O=c1ccc2c(-c3ccc(F)cc3Cl)cc(CN3CC(CO)C3)cc2n1-c1c(Cl)c#ccc1Cl. The van der Waals surface area contributed by atoms with Crippen molar-refractivity contribution in [2.24, 2.45) is 5.92 Å². The first-order valence-electron chi connectivity index (χ1n) is 10.6. The van der Waals surface area contributed by atoms with E-state index in [1.54, 1.807) is 12.1 Å². The maximum absolute atomic E-state index is 13.8. The summed E-state index contributed by atoms with van der Waals surface area (Å²) in [6.45, 7) is 2.33. The van der Waals surface area contributed by atoms with Gasteiger partial charge in [-0.2, -0.15) is 0 Å². The molecular weight excluding hydrogens is 498 g/mol. The molecule has 1 aromatic heterocycles. The zero-order valence-electron chi connectivity index (χ0n) is 17.8. The molecule has 8 heteroatoms. The van der Waals surface area contributed by atoms with Gasteiger partial charge in [0.15, 0.2) is 0 Å². The fourth-order valence-electron chi connectivity index (χ4n) is 4.44. The van der Waals surface area contributed by atoms with Crippen LogP contribution < -0.4 is 5.56 Å². The maximum atomic E-state index is 13.8. The van der Waals surface area contributed by atoms with E-state index >= 15 is 0 Å². The second-order valence-electron chi connectivity index (χ2n) is 8.37. The van der Waals surface area contributed by atoms with Gasteiger partial charge in [-0.05, 0) is 53.6 Å². The molecule has 1 aliphatic rings. The molecule has 0 bridgehead atoms. The normalized spacial score (nSPS) is 14.3. The zero-order chi connectivity index (χ0) is 24.0. The third-order valence-corrected chi connectivity index (χ3v) is 6.90. The number of hydrogen-bond donors (Lipinski definition) is 1. The fraction of sp³-hybridized carbons (Fsp3) is 0.192. The number of rotatable bonds is 5. The highest BCUT2D eigenvalue weighted by molar-refractivity contribution is 6.37. The van der Waals surface area contributed by atoms with Gasteiger partial charge in [0.25, 0.3) is 5.56 Å². The molecule has 0 atom stereocenters. The first-order valence-corrected chi connectivity index (χ1v) is 11.7. The van der Waals surface area contributed by atoms with Crippen molar-refractivity contribution in [1.82, 2.24) is 9.47 Å². The molecule has 4 aromatic rings. The number of benzene rings is 2. The van der Waals surface area contributed by atoms with Crippen molar-refractivity contribution in [3.05, 3.63) is 97.5 Å². The Balaban J connectivity index is 1.78. The summed E-state index contributed by atoms with van der Waals surface area (Å²) < 4.78 is 15.2. The van der Waals surface area contributed by atoms with Gasteiger partial charge in [0, 0.05) is 55.2 Å². The summed E-state index contributed by atoms with van der Waals surface area (Å²) in [5.41, 5.74) is 2.91. The lowest BCUT2D eigenvalue weighted by Gasteiger charge is -2.38. The van der Waals surface area contributed by atoms with Crippen LogP contribution in [0.2, 0.25) is 15.1 Å². The molecule has 0 amide bonds. The zero-order valence-corrected chi connectivity index (χ0v) is 20.1. The molecular formula is C26H18Cl3FN2O2. The van der Waals surface area contributed by atoms with Crippen molar-refractivity contribution in [2.45, 2.75) is 6.54 Å². The highest BCUT2D eigenvalue weighted by Crippen LogP contribution is 2.37. The largest absolute Gasteiger partial charge is 0.396 e. The van der Waals surface area contributed by atoms with Gasteiger partial charge < -0.3 is 5.11 Å². The summed E-state index contributed by atoms with van der Waals surface area (Å²) in [7, 11) is 0. The van der Waals surface area contributed by atoms with Crippen LogP contribution in [0.1, 0.15) is 5.56 Å². The Morgan fingerprint density at radius 1 is 1.03 bits per heavy atom. The molecule has 1 saturated heterocycles. The summed E-state index contributed by atoms with van der Waals surface area (Å²) in [5.74, 6) is -0.172. The summed E-state index contributed by atoms with van der Waals surface area (Å²) >= 11 is 19.3. The third kappa shape index (κ3) is 4.17. The second-order valence-corrected chi connectivity index (χ2v) is 9.57. The number of pyridine rings is 1. The molecule has 0 unspecified atom stereocenters. The van der Waals surface area contributed by atoms with Crippen molar-refractivity contribution >= 4 is 45.7 Å². The molecule has 1 N–H and O–H groups in total. The first kappa shape index (κ1) is 23.2. The van der Waals surface area contributed by atoms with E-state index in [0.717, 1.165) is 29.6 Å². The summed E-state index contributed by atoms with van der Waals surface area (Å²) in [6.07, 6.45) is 0. The number of likely N-dealkylation sites (tertiary alicyclic amines) is 1. The molecule has 0 radical (unpaired) electrons. The molecule has 0 saturated carbocycles. The van der Waals surface area contributed by atoms with Crippen LogP contribution >= 0.6 is 34.8 Å². The van der Waals surface area contributed by atoms with Gasteiger partial charge in [-0.15, -0.1) is 0 Å². The van der Waals surface area contributed by atoms with Gasteiger partial charge in [-0.3, -0.25) is 14.3 Å². The highest BCUT2D eigenvalue weighted by atomic mass is 35.5. The lowest BCUT2D eigenvalue weighted by molar-refractivity contribution is 0.0479. The van der Waals surface area contributed by atoms with Crippen LogP contribution in [0.4, 0.5) is 4.39 Å². The van der Waals surface area contributed by atoms with Crippen LogP contribution in [0.25, 0.3) is 27.7 Å². The minimum absolute atomic E-state index is 0.155. The van der Waals surface area contributed by atoms with Gasteiger partial charge >= 0.3 is 0 Å². The van der Waals surface area contributed by atoms with Gasteiger partial charge in [0.2, 0.25) is 0 Å². The first-order chi connectivity index (χ1) is 16.4. The lowest BCUT2D eigenvalue weighted by Crippen LogP contribution is -2.47. The van der Waals surface area contributed by atoms with Crippen LogP contribution in [0.3, 0.4) is 0 Å². The van der Waals surface area contributed by atoms with E-state index in [0.29, 0.717) is 23.3 Å². The molecule has 1 fully saturated rings. The number of hydrogen-bond acceptors (Lipinski definition) is 3. The molecule has 1 aliphatic heterocycles. The van der Waals surface area contributed by atoms with Crippen LogP contribution in [0, 0.1) is 23.9 Å². The number of aromatic nitrogens is 1. The van der Waals surface area contributed by atoms with Crippen LogP contribution in [0.15, 0.2) is 53.3 Å². The van der Waals surface area contributed by atoms with E-state index in [4.69, 9.17) is 34.8 Å². The van der Waals surface area contributed by atoms with E-state index in [1.807, 2.05) is 12.1 Å². The summed E-state index contributed by atoms with van der Waals surface area (Å²) in [5, 5.41) is 10.8. The molecule has 0 aliphatic carbocycles. The standard InChI is InChI=1S/C26H18Cl3FN2O2/c27-21-2-1-3-22(28)26(21)32-24-9-15(11-31-12-16(13-31)14-33)8-20(19(24)6-7-25(32)34)18-5-4-17(30)10-23(18)29/h2,4-10,16,33H,11-14H2.